The molecule has 1 aliphatic carbocycles. The van der Waals surface area contributed by atoms with Crippen LogP contribution >= 0.6 is 11.6 Å². The fourth-order valence-electron chi connectivity index (χ4n) is 3.65. The van der Waals surface area contributed by atoms with Gasteiger partial charge in [-0.05, 0) is 54.7 Å². The number of fused-ring (bicyclic) bond motifs is 1. The van der Waals surface area contributed by atoms with Crippen molar-refractivity contribution in [3.63, 3.8) is 0 Å². The maximum absolute atomic E-state index is 12.8. The molecule has 1 amide bonds. The highest BCUT2D eigenvalue weighted by Crippen LogP contribution is 2.30. The number of carbonyl (C=O) groups excluding carboxylic acids is 1. The molecule has 3 nitrogen and oxygen atoms in total. The van der Waals surface area contributed by atoms with E-state index in [0.29, 0.717) is 22.9 Å². The highest BCUT2D eigenvalue weighted by Gasteiger charge is 2.22. The van der Waals surface area contributed by atoms with Crippen LogP contribution in [0.5, 0.6) is 5.75 Å². The van der Waals surface area contributed by atoms with E-state index in [-0.39, 0.29) is 11.9 Å². The van der Waals surface area contributed by atoms with Crippen molar-refractivity contribution in [2.75, 3.05) is 0 Å². The van der Waals surface area contributed by atoms with Gasteiger partial charge in [-0.2, -0.15) is 0 Å². The van der Waals surface area contributed by atoms with E-state index in [1.807, 2.05) is 48.5 Å². The molecule has 1 unspecified atom stereocenters. The van der Waals surface area contributed by atoms with Gasteiger partial charge in [0.15, 0.2) is 0 Å². The van der Waals surface area contributed by atoms with Gasteiger partial charge in [0, 0.05) is 16.1 Å². The molecule has 0 spiro atoms. The standard InChI is InChI=1S/C24H22ClNO2/c25-22-13-4-2-8-19(22)16-28-20-11-5-10-18(15-20)24(27)26-23-14-6-9-17-7-1-3-12-21(17)23/h1-5,7-8,10-13,15,23H,6,9,14,16H2,(H,26,27). The van der Waals surface area contributed by atoms with Crippen LogP contribution in [-0.2, 0) is 13.0 Å². The maximum atomic E-state index is 12.8. The zero-order valence-electron chi connectivity index (χ0n) is 15.5. The van der Waals surface area contributed by atoms with Crippen LogP contribution in [-0.4, -0.2) is 5.91 Å². The molecular weight excluding hydrogens is 370 g/mol. The van der Waals surface area contributed by atoms with Crippen LogP contribution in [0.15, 0.2) is 72.8 Å². The molecule has 0 heterocycles. The van der Waals surface area contributed by atoms with Crippen LogP contribution in [0, 0.1) is 0 Å². The van der Waals surface area contributed by atoms with Crippen molar-refractivity contribution in [3.05, 3.63) is 100 Å². The first-order valence-electron chi connectivity index (χ1n) is 9.55. The van der Waals surface area contributed by atoms with Gasteiger partial charge in [-0.15, -0.1) is 0 Å². The summed E-state index contributed by atoms with van der Waals surface area (Å²) in [5, 5.41) is 3.86. The molecule has 4 heteroatoms. The van der Waals surface area contributed by atoms with Crippen LogP contribution in [0.2, 0.25) is 5.02 Å². The van der Waals surface area contributed by atoms with Crippen molar-refractivity contribution in [1.82, 2.24) is 5.32 Å². The summed E-state index contributed by atoms with van der Waals surface area (Å²) in [5.74, 6) is 0.571. The number of carbonyl (C=O) groups is 1. The zero-order valence-corrected chi connectivity index (χ0v) is 16.3. The third kappa shape index (κ3) is 4.20. The minimum atomic E-state index is -0.0788. The first-order valence-corrected chi connectivity index (χ1v) is 9.93. The van der Waals surface area contributed by atoms with E-state index >= 15 is 0 Å². The molecule has 0 aliphatic heterocycles. The Hall–Kier alpha value is -2.78. The van der Waals surface area contributed by atoms with E-state index in [4.69, 9.17) is 16.3 Å². The van der Waals surface area contributed by atoms with Gasteiger partial charge in [0.05, 0.1) is 6.04 Å². The van der Waals surface area contributed by atoms with Crippen molar-refractivity contribution >= 4 is 17.5 Å². The topological polar surface area (TPSA) is 38.3 Å². The Bertz CT molecular complexity index is 986. The number of amides is 1. The highest BCUT2D eigenvalue weighted by molar-refractivity contribution is 6.31. The third-order valence-electron chi connectivity index (χ3n) is 5.12. The molecule has 0 saturated carbocycles. The number of halogens is 1. The van der Waals surface area contributed by atoms with Crippen LogP contribution in [0.4, 0.5) is 0 Å². The lowest BCUT2D eigenvalue weighted by Crippen LogP contribution is -2.30. The van der Waals surface area contributed by atoms with Crippen LogP contribution < -0.4 is 10.1 Å². The normalized spacial score (nSPS) is 15.5. The maximum Gasteiger partial charge on any atom is 0.251 e. The van der Waals surface area contributed by atoms with Crippen molar-refractivity contribution in [1.29, 1.82) is 0 Å². The van der Waals surface area contributed by atoms with Gasteiger partial charge in [-0.3, -0.25) is 4.79 Å². The second-order valence-corrected chi connectivity index (χ2v) is 7.43. The molecule has 1 N–H and O–H groups in total. The summed E-state index contributed by atoms with van der Waals surface area (Å²) in [6.07, 6.45) is 3.13. The SMILES string of the molecule is O=C(NC1CCCc2ccccc21)c1cccc(OCc2ccccc2Cl)c1. The first-order chi connectivity index (χ1) is 13.7. The number of hydrogen-bond acceptors (Lipinski definition) is 2. The van der Waals surface area contributed by atoms with Crippen LogP contribution in [0.3, 0.4) is 0 Å². The molecule has 1 aliphatic rings. The molecule has 0 aromatic heterocycles. The van der Waals surface area contributed by atoms with Gasteiger partial charge >= 0.3 is 0 Å². The Morgan fingerprint density at radius 2 is 1.86 bits per heavy atom. The number of rotatable bonds is 5. The monoisotopic (exact) mass is 391 g/mol. The molecule has 0 saturated heterocycles. The quantitative estimate of drug-likeness (QED) is 0.603. The minimum absolute atomic E-state index is 0.0603. The van der Waals surface area contributed by atoms with E-state index in [2.05, 4.69) is 23.5 Å². The van der Waals surface area contributed by atoms with Crippen LogP contribution in [0.1, 0.15) is 45.9 Å². The number of nitrogens with one attached hydrogen (secondary N) is 1. The number of aryl methyl sites for hydroxylation is 1. The molecule has 1 atom stereocenters. The predicted molar refractivity (Wildman–Crippen MR) is 112 cm³/mol. The molecule has 142 valence electrons. The van der Waals surface area contributed by atoms with Gasteiger partial charge in [0.1, 0.15) is 12.4 Å². The van der Waals surface area contributed by atoms with Crippen LogP contribution in [0.25, 0.3) is 0 Å². The molecule has 3 aromatic rings. The molecule has 4 rings (SSSR count). The van der Waals surface area contributed by atoms with Crippen molar-refractivity contribution in [2.45, 2.75) is 31.9 Å². The van der Waals surface area contributed by atoms with Gasteiger partial charge in [-0.25, -0.2) is 0 Å². The van der Waals surface area contributed by atoms with E-state index in [9.17, 15) is 4.79 Å². The summed E-state index contributed by atoms with van der Waals surface area (Å²) in [4.78, 5) is 12.8. The Balaban J connectivity index is 1.44. The Morgan fingerprint density at radius 3 is 2.75 bits per heavy atom. The third-order valence-corrected chi connectivity index (χ3v) is 5.49. The summed E-state index contributed by atoms with van der Waals surface area (Å²) in [6, 6.07) is 23.3. The first kappa shape index (κ1) is 18.6. The fraction of sp³-hybridized carbons (Fsp3) is 0.208. The predicted octanol–water partition coefficient (Wildman–Crippen LogP) is 5.73. The van der Waals surface area contributed by atoms with E-state index in [0.717, 1.165) is 24.8 Å². The highest BCUT2D eigenvalue weighted by atomic mass is 35.5. The molecule has 0 bridgehead atoms. The lowest BCUT2D eigenvalue weighted by Gasteiger charge is -2.26. The van der Waals surface area contributed by atoms with Crippen molar-refractivity contribution < 1.29 is 9.53 Å². The summed E-state index contributed by atoms with van der Waals surface area (Å²) >= 11 is 6.18. The Morgan fingerprint density at radius 1 is 1.04 bits per heavy atom. The zero-order chi connectivity index (χ0) is 19.3. The van der Waals surface area contributed by atoms with E-state index < -0.39 is 0 Å². The second-order valence-electron chi connectivity index (χ2n) is 7.03. The Kier molecular flexibility index (Phi) is 5.63. The molecule has 0 fully saturated rings. The van der Waals surface area contributed by atoms with Gasteiger partial charge in [0.2, 0.25) is 0 Å². The average molecular weight is 392 g/mol. The molecule has 0 radical (unpaired) electrons. The second kappa shape index (κ2) is 8.49. The smallest absolute Gasteiger partial charge is 0.251 e. The van der Waals surface area contributed by atoms with Gasteiger partial charge < -0.3 is 10.1 Å². The number of benzene rings is 3. The van der Waals surface area contributed by atoms with E-state index in [1.54, 1.807) is 6.07 Å². The minimum Gasteiger partial charge on any atom is -0.489 e. The number of ether oxygens (including phenoxy) is 1. The fourth-order valence-corrected chi connectivity index (χ4v) is 3.84. The largest absolute Gasteiger partial charge is 0.489 e. The summed E-state index contributed by atoms with van der Waals surface area (Å²) in [6.45, 7) is 0.362. The van der Waals surface area contributed by atoms with Gasteiger partial charge in [-0.1, -0.05) is 60.1 Å². The van der Waals surface area contributed by atoms with Crippen molar-refractivity contribution in [3.8, 4) is 5.75 Å². The summed E-state index contributed by atoms with van der Waals surface area (Å²) in [5.41, 5.74) is 4.07. The molecule has 3 aromatic carbocycles. The average Bonchev–Trinajstić information content (AvgIpc) is 2.74. The van der Waals surface area contributed by atoms with E-state index in [1.165, 1.54) is 11.1 Å². The molecule has 28 heavy (non-hydrogen) atoms. The Labute approximate surface area is 170 Å². The van der Waals surface area contributed by atoms with Gasteiger partial charge in [0.25, 0.3) is 5.91 Å². The summed E-state index contributed by atoms with van der Waals surface area (Å²) < 4.78 is 5.85. The number of hydrogen-bond donors (Lipinski definition) is 1. The lowest BCUT2D eigenvalue weighted by atomic mass is 9.87. The summed E-state index contributed by atoms with van der Waals surface area (Å²) in [7, 11) is 0. The lowest BCUT2D eigenvalue weighted by molar-refractivity contribution is 0.0932. The van der Waals surface area contributed by atoms with Crippen molar-refractivity contribution in [2.24, 2.45) is 0 Å². The molecular formula is C24H22ClNO2.